The van der Waals surface area contributed by atoms with E-state index in [2.05, 4.69) is 20.9 Å². The number of carbonyl (C=O) groups excluding carboxylic acids is 1. The molecule has 0 atom stereocenters. The smallest absolute Gasteiger partial charge is 0.220 e. The van der Waals surface area contributed by atoms with Crippen molar-refractivity contribution in [3.63, 3.8) is 0 Å². The number of nitrogens with one attached hydrogen (secondary N) is 3. The number of halogens is 1. The Kier molecular flexibility index (Phi) is 12.1. The SMILES string of the molecule is CCNC(=NCCCC(=O)NC1CC1)NCCCOCc1ccco1.I. The molecule has 148 valence electrons. The van der Waals surface area contributed by atoms with Gasteiger partial charge in [0.2, 0.25) is 5.91 Å². The fourth-order valence-corrected chi connectivity index (χ4v) is 2.25. The van der Waals surface area contributed by atoms with Crippen LogP contribution in [0.4, 0.5) is 0 Å². The normalized spacial score (nSPS) is 13.8. The lowest BCUT2D eigenvalue weighted by Crippen LogP contribution is -2.38. The Morgan fingerprint density at radius 1 is 1.35 bits per heavy atom. The van der Waals surface area contributed by atoms with Gasteiger partial charge in [-0.2, -0.15) is 0 Å². The number of hydrogen-bond donors (Lipinski definition) is 3. The second-order valence-corrected chi connectivity index (χ2v) is 6.12. The zero-order valence-corrected chi connectivity index (χ0v) is 17.8. The van der Waals surface area contributed by atoms with Gasteiger partial charge in [0.1, 0.15) is 12.4 Å². The largest absolute Gasteiger partial charge is 0.467 e. The van der Waals surface area contributed by atoms with Gasteiger partial charge in [-0.1, -0.05) is 0 Å². The molecule has 1 saturated carbocycles. The number of furan rings is 1. The average Bonchev–Trinajstić information content (AvgIpc) is 3.25. The van der Waals surface area contributed by atoms with E-state index in [0.29, 0.717) is 32.2 Å². The summed E-state index contributed by atoms with van der Waals surface area (Å²) in [5.74, 6) is 1.77. The van der Waals surface area contributed by atoms with Crippen LogP contribution in [0.2, 0.25) is 0 Å². The fraction of sp³-hybridized carbons (Fsp3) is 0.667. The Morgan fingerprint density at radius 3 is 2.88 bits per heavy atom. The van der Waals surface area contributed by atoms with Crippen molar-refractivity contribution < 1.29 is 13.9 Å². The minimum absolute atomic E-state index is 0. The molecule has 0 radical (unpaired) electrons. The second-order valence-electron chi connectivity index (χ2n) is 6.12. The maximum Gasteiger partial charge on any atom is 0.220 e. The summed E-state index contributed by atoms with van der Waals surface area (Å²) in [7, 11) is 0. The zero-order valence-electron chi connectivity index (χ0n) is 15.5. The number of carbonyl (C=O) groups is 1. The van der Waals surface area contributed by atoms with Crippen LogP contribution >= 0.6 is 24.0 Å². The number of amides is 1. The molecular weight excluding hydrogens is 447 g/mol. The van der Waals surface area contributed by atoms with Crippen molar-refractivity contribution in [2.45, 2.75) is 51.7 Å². The van der Waals surface area contributed by atoms with E-state index < -0.39 is 0 Å². The van der Waals surface area contributed by atoms with Gasteiger partial charge in [0.05, 0.1) is 6.26 Å². The quantitative estimate of drug-likeness (QED) is 0.186. The van der Waals surface area contributed by atoms with Gasteiger partial charge in [-0.05, 0) is 44.7 Å². The van der Waals surface area contributed by atoms with Gasteiger partial charge >= 0.3 is 0 Å². The highest BCUT2D eigenvalue weighted by molar-refractivity contribution is 14.0. The maximum atomic E-state index is 11.6. The first kappa shape index (κ1) is 22.8. The molecule has 0 saturated heterocycles. The summed E-state index contributed by atoms with van der Waals surface area (Å²) in [6, 6.07) is 4.19. The average molecular weight is 478 g/mol. The number of hydrogen-bond acceptors (Lipinski definition) is 4. The van der Waals surface area contributed by atoms with Crippen LogP contribution in [-0.2, 0) is 16.1 Å². The molecule has 1 fully saturated rings. The summed E-state index contributed by atoms with van der Waals surface area (Å²) in [6.45, 7) is 5.43. The summed E-state index contributed by atoms with van der Waals surface area (Å²) < 4.78 is 10.8. The van der Waals surface area contributed by atoms with Crippen LogP contribution in [0.1, 0.15) is 44.8 Å². The molecule has 26 heavy (non-hydrogen) atoms. The van der Waals surface area contributed by atoms with E-state index in [1.165, 1.54) is 0 Å². The molecule has 1 aliphatic carbocycles. The Bertz CT molecular complexity index is 519. The first-order valence-electron chi connectivity index (χ1n) is 9.19. The third-order valence-electron chi connectivity index (χ3n) is 3.70. The van der Waals surface area contributed by atoms with E-state index in [4.69, 9.17) is 9.15 Å². The Hall–Kier alpha value is -1.29. The van der Waals surface area contributed by atoms with Crippen LogP contribution in [-0.4, -0.2) is 44.1 Å². The lowest BCUT2D eigenvalue weighted by molar-refractivity contribution is -0.121. The topological polar surface area (TPSA) is 87.9 Å². The van der Waals surface area contributed by atoms with Crippen LogP contribution in [0.15, 0.2) is 27.8 Å². The van der Waals surface area contributed by atoms with E-state index in [9.17, 15) is 4.79 Å². The van der Waals surface area contributed by atoms with Gasteiger partial charge in [-0.3, -0.25) is 9.79 Å². The van der Waals surface area contributed by atoms with Crippen LogP contribution in [0, 0.1) is 0 Å². The standard InChI is InChI=1S/C18H30N4O3.HI/c1-2-19-18(20-10-3-7-17(23)22-15-8-9-15)21-11-5-12-24-14-16-6-4-13-25-16;/h4,6,13,15H,2-3,5,7-12,14H2,1H3,(H,22,23)(H2,19,20,21);1H. The van der Waals surface area contributed by atoms with Gasteiger partial charge < -0.3 is 25.1 Å². The molecule has 2 rings (SSSR count). The van der Waals surface area contributed by atoms with Gasteiger partial charge in [-0.25, -0.2) is 0 Å². The minimum atomic E-state index is 0. The van der Waals surface area contributed by atoms with E-state index in [-0.39, 0.29) is 29.9 Å². The molecule has 0 aromatic carbocycles. The third kappa shape index (κ3) is 10.6. The second kappa shape index (κ2) is 13.9. The molecule has 3 N–H and O–H groups in total. The molecule has 8 heteroatoms. The molecule has 1 amide bonds. The van der Waals surface area contributed by atoms with Crippen molar-refractivity contribution in [2.75, 3.05) is 26.2 Å². The third-order valence-corrected chi connectivity index (χ3v) is 3.70. The highest BCUT2D eigenvalue weighted by Crippen LogP contribution is 2.18. The van der Waals surface area contributed by atoms with Crippen molar-refractivity contribution in [1.82, 2.24) is 16.0 Å². The van der Waals surface area contributed by atoms with E-state index in [1.54, 1.807) is 6.26 Å². The molecule has 0 aliphatic heterocycles. The first-order chi connectivity index (χ1) is 12.3. The molecule has 1 aliphatic rings. The highest BCUT2D eigenvalue weighted by atomic mass is 127. The summed E-state index contributed by atoms with van der Waals surface area (Å²) >= 11 is 0. The fourth-order valence-electron chi connectivity index (χ4n) is 2.25. The van der Waals surface area contributed by atoms with Crippen LogP contribution in [0.3, 0.4) is 0 Å². The molecule has 1 aromatic rings. The number of guanidine groups is 1. The first-order valence-corrected chi connectivity index (χ1v) is 9.19. The lowest BCUT2D eigenvalue weighted by Gasteiger charge is -2.11. The number of nitrogens with zero attached hydrogens (tertiary/aromatic N) is 1. The van der Waals surface area contributed by atoms with Crippen LogP contribution in [0.25, 0.3) is 0 Å². The van der Waals surface area contributed by atoms with Gasteiger partial charge in [0.25, 0.3) is 0 Å². The van der Waals surface area contributed by atoms with Crippen molar-refractivity contribution in [3.05, 3.63) is 24.2 Å². The van der Waals surface area contributed by atoms with Gasteiger partial charge in [0.15, 0.2) is 5.96 Å². The summed E-state index contributed by atoms with van der Waals surface area (Å²) in [5.41, 5.74) is 0. The van der Waals surface area contributed by atoms with Crippen LogP contribution < -0.4 is 16.0 Å². The monoisotopic (exact) mass is 478 g/mol. The van der Waals surface area contributed by atoms with Crippen molar-refractivity contribution >= 4 is 35.8 Å². The van der Waals surface area contributed by atoms with E-state index >= 15 is 0 Å². The highest BCUT2D eigenvalue weighted by Gasteiger charge is 2.22. The summed E-state index contributed by atoms with van der Waals surface area (Å²) in [5, 5.41) is 9.48. The molecule has 7 nitrogen and oxygen atoms in total. The van der Waals surface area contributed by atoms with Crippen molar-refractivity contribution in [1.29, 1.82) is 0 Å². The van der Waals surface area contributed by atoms with Crippen molar-refractivity contribution in [3.8, 4) is 0 Å². The van der Waals surface area contributed by atoms with E-state index in [0.717, 1.165) is 50.5 Å². The van der Waals surface area contributed by atoms with Crippen molar-refractivity contribution in [2.24, 2.45) is 4.99 Å². The van der Waals surface area contributed by atoms with Gasteiger partial charge in [0, 0.05) is 38.7 Å². The van der Waals surface area contributed by atoms with Crippen LogP contribution in [0.5, 0.6) is 0 Å². The van der Waals surface area contributed by atoms with Gasteiger partial charge in [-0.15, -0.1) is 24.0 Å². The molecule has 0 bridgehead atoms. The number of ether oxygens (including phenoxy) is 1. The molecule has 1 aromatic heterocycles. The maximum absolute atomic E-state index is 11.6. The van der Waals surface area contributed by atoms with E-state index in [1.807, 2.05) is 19.1 Å². The Morgan fingerprint density at radius 2 is 2.19 bits per heavy atom. The number of aliphatic imine (C=N–C) groups is 1. The Balaban J connectivity index is 0.00000338. The zero-order chi connectivity index (χ0) is 17.7. The molecular formula is C18H31IN4O3. The minimum Gasteiger partial charge on any atom is -0.467 e. The summed E-state index contributed by atoms with van der Waals surface area (Å²) in [4.78, 5) is 16.1. The molecule has 0 unspecified atom stereocenters. The number of rotatable bonds is 12. The predicted octanol–water partition coefficient (Wildman–Crippen LogP) is 2.42. The molecule has 1 heterocycles. The Labute approximate surface area is 172 Å². The lowest BCUT2D eigenvalue weighted by atomic mass is 10.3. The predicted molar refractivity (Wildman–Crippen MR) is 113 cm³/mol. The summed E-state index contributed by atoms with van der Waals surface area (Å²) in [6.07, 6.45) is 6.10. The molecule has 0 spiro atoms.